The first-order valence-electron chi connectivity index (χ1n) is 10.2. The Morgan fingerprint density at radius 2 is 1.75 bits per heavy atom. The average Bonchev–Trinajstić information content (AvgIpc) is 2.65. The number of hydrogen-bond acceptors (Lipinski definition) is 4. The Morgan fingerprint density at radius 1 is 1.14 bits per heavy atom. The van der Waals surface area contributed by atoms with Crippen LogP contribution in [0.15, 0.2) is 30.3 Å². The number of rotatable bonds is 6. The number of nitrogens with zero attached hydrogens (tertiary/aromatic N) is 1. The van der Waals surface area contributed by atoms with Gasteiger partial charge in [0.05, 0.1) is 6.04 Å². The van der Waals surface area contributed by atoms with Crippen molar-refractivity contribution in [2.75, 3.05) is 19.6 Å². The quantitative estimate of drug-likeness (QED) is 0.783. The molecule has 0 bridgehead atoms. The molecule has 2 amide bonds. The third-order valence-corrected chi connectivity index (χ3v) is 5.13. The van der Waals surface area contributed by atoms with Gasteiger partial charge in [-0.25, -0.2) is 4.79 Å². The molecule has 0 aromatic heterocycles. The topological polar surface area (TPSA) is 70.7 Å². The second-order valence-corrected chi connectivity index (χ2v) is 8.69. The summed E-state index contributed by atoms with van der Waals surface area (Å²) in [7, 11) is 0. The Kier molecular flexibility index (Phi) is 7.87. The van der Waals surface area contributed by atoms with Gasteiger partial charge in [-0.05, 0) is 52.0 Å². The lowest BCUT2D eigenvalue weighted by molar-refractivity contribution is -0.126. The van der Waals surface area contributed by atoms with E-state index in [9.17, 15) is 9.59 Å². The van der Waals surface area contributed by atoms with Crippen molar-refractivity contribution in [1.82, 2.24) is 15.5 Å². The molecule has 1 aliphatic heterocycles. The highest BCUT2D eigenvalue weighted by Gasteiger charge is 2.28. The summed E-state index contributed by atoms with van der Waals surface area (Å²) in [6.45, 7) is 11.8. The Hall–Kier alpha value is -2.08. The Morgan fingerprint density at radius 3 is 2.32 bits per heavy atom. The highest BCUT2D eigenvalue weighted by atomic mass is 16.6. The number of hydrogen-bond donors (Lipinski definition) is 2. The van der Waals surface area contributed by atoms with E-state index in [1.165, 1.54) is 5.56 Å². The number of piperidine rings is 1. The molecule has 0 saturated carbocycles. The molecule has 1 saturated heterocycles. The standard InChI is InChI=1S/C22H35N3O3/c1-16(18-9-7-6-8-10-18)15-23-20(26)17(2)25-13-11-19(12-14-25)24-21(27)28-22(3,4)5/h6-10,16-17,19H,11-15H2,1-5H3,(H,23,26)(H,24,27). The Balaban J connectivity index is 1.72. The lowest BCUT2D eigenvalue weighted by atomic mass is 10.0. The summed E-state index contributed by atoms with van der Waals surface area (Å²) in [6, 6.07) is 10.1. The van der Waals surface area contributed by atoms with Gasteiger partial charge in [-0.2, -0.15) is 0 Å². The molecule has 1 fully saturated rings. The molecule has 1 heterocycles. The molecule has 1 aromatic rings. The molecular weight excluding hydrogens is 354 g/mol. The second-order valence-electron chi connectivity index (χ2n) is 8.69. The summed E-state index contributed by atoms with van der Waals surface area (Å²) in [5, 5.41) is 6.01. The van der Waals surface area contributed by atoms with Gasteiger partial charge in [0.1, 0.15) is 5.60 Å². The van der Waals surface area contributed by atoms with Crippen molar-refractivity contribution in [3.63, 3.8) is 0 Å². The molecule has 156 valence electrons. The maximum Gasteiger partial charge on any atom is 0.407 e. The number of amides is 2. The fraction of sp³-hybridized carbons (Fsp3) is 0.636. The number of ether oxygens (including phenoxy) is 1. The molecule has 6 heteroatoms. The smallest absolute Gasteiger partial charge is 0.407 e. The van der Waals surface area contributed by atoms with Gasteiger partial charge in [0, 0.05) is 25.7 Å². The maximum atomic E-state index is 12.6. The number of carbonyl (C=O) groups excluding carboxylic acids is 2. The van der Waals surface area contributed by atoms with Crippen LogP contribution in [-0.2, 0) is 9.53 Å². The monoisotopic (exact) mass is 389 g/mol. The van der Waals surface area contributed by atoms with Gasteiger partial charge < -0.3 is 15.4 Å². The van der Waals surface area contributed by atoms with Crippen molar-refractivity contribution in [3.8, 4) is 0 Å². The SMILES string of the molecule is CC(CNC(=O)C(C)N1CCC(NC(=O)OC(C)(C)C)CC1)c1ccccc1. The first-order chi connectivity index (χ1) is 13.2. The minimum Gasteiger partial charge on any atom is -0.444 e. The van der Waals surface area contributed by atoms with E-state index in [4.69, 9.17) is 4.74 Å². The minimum atomic E-state index is -0.492. The van der Waals surface area contributed by atoms with Crippen molar-refractivity contribution in [3.05, 3.63) is 35.9 Å². The van der Waals surface area contributed by atoms with Gasteiger partial charge in [-0.3, -0.25) is 9.69 Å². The molecule has 1 aromatic carbocycles. The number of carbonyl (C=O) groups is 2. The summed E-state index contributed by atoms with van der Waals surface area (Å²) >= 11 is 0. The van der Waals surface area contributed by atoms with Gasteiger partial charge >= 0.3 is 6.09 Å². The largest absolute Gasteiger partial charge is 0.444 e. The molecule has 2 N–H and O–H groups in total. The van der Waals surface area contributed by atoms with E-state index < -0.39 is 5.60 Å². The third kappa shape index (κ3) is 7.15. The van der Waals surface area contributed by atoms with Crippen LogP contribution in [0.2, 0.25) is 0 Å². The molecule has 1 aliphatic rings. The fourth-order valence-electron chi connectivity index (χ4n) is 3.37. The lowest BCUT2D eigenvalue weighted by Crippen LogP contribution is -2.52. The molecule has 6 nitrogen and oxygen atoms in total. The van der Waals surface area contributed by atoms with Crippen LogP contribution in [0.3, 0.4) is 0 Å². The summed E-state index contributed by atoms with van der Waals surface area (Å²) < 4.78 is 5.32. The van der Waals surface area contributed by atoms with Gasteiger partial charge in [0.15, 0.2) is 0 Å². The van der Waals surface area contributed by atoms with E-state index in [0.29, 0.717) is 6.54 Å². The van der Waals surface area contributed by atoms with Crippen LogP contribution >= 0.6 is 0 Å². The number of alkyl carbamates (subject to hydrolysis) is 1. The van der Waals surface area contributed by atoms with Gasteiger partial charge in [-0.1, -0.05) is 37.3 Å². The molecule has 2 unspecified atom stereocenters. The van der Waals surface area contributed by atoms with Gasteiger partial charge in [0.2, 0.25) is 5.91 Å². The van der Waals surface area contributed by atoms with Crippen LogP contribution in [-0.4, -0.2) is 54.2 Å². The van der Waals surface area contributed by atoms with Gasteiger partial charge in [0.25, 0.3) is 0 Å². The van der Waals surface area contributed by atoms with Crippen LogP contribution in [0.4, 0.5) is 4.79 Å². The van der Waals surface area contributed by atoms with E-state index in [1.54, 1.807) is 0 Å². The van der Waals surface area contributed by atoms with Crippen LogP contribution < -0.4 is 10.6 Å². The zero-order valence-corrected chi connectivity index (χ0v) is 17.8. The van der Waals surface area contributed by atoms with Gasteiger partial charge in [-0.15, -0.1) is 0 Å². The first-order valence-corrected chi connectivity index (χ1v) is 10.2. The van der Waals surface area contributed by atoms with Crippen LogP contribution in [0.1, 0.15) is 58.9 Å². The van der Waals surface area contributed by atoms with E-state index in [0.717, 1.165) is 25.9 Å². The zero-order valence-electron chi connectivity index (χ0n) is 17.8. The molecule has 28 heavy (non-hydrogen) atoms. The lowest BCUT2D eigenvalue weighted by Gasteiger charge is -2.35. The fourth-order valence-corrected chi connectivity index (χ4v) is 3.37. The molecular formula is C22H35N3O3. The first kappa shape index (κ1) is 22.2. The van der Waals surface area contributed by atoms with Crippen LogP contribution in [0, 0.1) is 0 Å². The highest BCUT2D eigenvalue weighted by molar-refractivity contribution is 5.81. The average molecular weight is 390 g/mol. The number of benzene rings is 1. The molecule has 2 atom stereocenters. The minimum absolute atomic E-state index is 0.0568. The predicted octanol–water partition coefficient (Wildman–Crippen LogP) is 3.28. The number of likely N-dealkylation sites (tertiary alicyclic amines) is 1. The summed E-state index contributed by atoms with van der Waals surface area (Å²) in [6.07, 6.45) is 1.26. The highest BCUT2D eigenvalue weighted by Crippen LogP contribution is 2.16. The molecule has 0 aliphatic carbocycles. The van der Waals surface area contributed by atoms with Crippen LogP contribution in [0.5, 0.6) is 0 Å². The van der Waals surface area contributed by atoms with E-state index in [2.05, 4.69) is 34.6 Å². The Bertz CT molecular complexity index is 634. The van der Waals surface area contributed by atoms with E-state index >= 15 is 0 Å². The predicted molar refractivity (Wildman–Crippen MR) is 111 cm³/mol. The molecule has 2 rings (SSSR count). The van der Waals surface area contributed by atoms with Crippen LogP contribution in [0.25, 0.3) is 0 Å². The summed E-state index contributed by atoms with van der Waals surface area (Å²) in [4.78, 5) is 26.6. The van der Waals surface area contributed by atoms with E-state index in [-0.39, 0.29) is 30.0 Å². The normalized spacial score (nSPS) is 18.2. The second kappa shape index (κ2) is 9.92. The summed E-state index contributed by atoms with van der Waals surface area (Å²) in [5.41, 5.74) is 0.735. The molecule has 0 spiro atoms. The third-order valence-electron chi connectivity index (χ3n) is 5.13. The molecule has 0 radical (unpaired) electrons. The van der Waals surface area contributed by atoms with Crippen molar-refractivity contribution < 1.29 is 14.3 Å². The van der Waals surface area contributed by atoms with Crippen molar-refractivity contribution in [2.45, 2.75) is 71.1 Å². The van der Waals surface area contributed by atoms with Crippen molar-refractivity contribution >= 4 is 12.0 Å². The maximum absolute atomic E-state index is 12.6. The number of nitrogens with one attached hydrogen (secondary N) is 2. The Labute approximate surface area is 169 Å². The summed E-state index contributed by atoms with van der Waals surface area (Å²) in [5.74, 6) is 0.336. The van der Waals surface area contributed by atoms with E-state index in [1.807, 2.05) is 45.9 Å². The van der Waals surface area contributed by atoms with Crippen molar-refractivity contribution in [2.24, 2.45) is 0 Å². The van der Waals surface area contributed by atoms with Crippen molar-refractivity contribution in [1.29, 1.82) is 0 Å². The zero-order chi connectivity index (χ0) is 20.7.